The van der Waals surface area contributed by atoms with Gasteiger partial charge in [-0.25, -0.2) is 0 Å². The summed E-state index contributed by atoms with van der Waals surface area (Å²) in [5, 5.41) is 2.81. The maximum Gasteiger partial charge on any atom is 0.217 e. The number of nitrogens with one attached hydrogen (secondary N) is 1. The van der Waals surface area contributed by atoms with Crippen LogP contribution in [-0.2, 0) is 9.36 Å². The monoisotopic (exact) mass is 338 g/mol. The van der Waals surface area contributed by atoms with Gasteiger partial charge in [0.2, 0.25) is 5.91 Å². The average Bonchev–Trinajstić information content (AvgIpc) is 2.34. The molecule has 1 amide bonds. The summed E-state index contributed by atoms with van der Waals surface area (Å²) < 4.78 is 11.1. The SMILES string of the molecule is CCC(C)[C@H](NC(C)=O)[C@H]1CC=C(P(=O)([O-])[O-])C[C@@H]1N.[NH4+].[NH4+]. The second-order valence-electron chi connectivity index (χ2n) is 5.57. The van der Waals surface area contributed by atoms with E-state index in [4.69, 9.17) is 5.73 Å². The molecule has 0 aromatic carbocycles. The highest BCUT2D eigenvalue weighted by Crippen LogP contribution is 2.43. The highest BCUT2D eigenvalue weighted by atomic mass is 31.2. The number of allylic oxidation sites excluding steroid dienone is 1. The Balaban J connectivity index is 0. The quantitative estimate of drug-likeness (QED) is 0.538. The molecule has 0 heterocycles. The molecule has 1 rings (SSSR count). The second-order valence-corrected chi connectivity index (χ2v) is 7.14. The lowest BCUT2D eigenvalue weighted by Gasteiger charge is -2.42. The fraction of sp³-hybridized carbons (Fsp3) is 0.769. The van der Waals surface area contributed by atoms with Crippen LogP contribution in [0.3, 0.4) is 0 Å². The fourth-order valence-electron chi connectivity index (χ4n) is 2.72. The van der Waals surface area contributed by atoms with Gasteiger partial charge in [0.05, 0.1) is 0 Å². The van der Waals surface area contributed by atoms with Crippen molar-refractivity contribution in [3.05, 3.63) is 11.4 Å². The predicted molar refractivity (Wildman–Crippen MR) is 85.4 cm³/mol. The van der Waals surface area contributed by atoms with Gasteiger partial charge in [-0.2, -0.15) is 0 Å². The number of rotatable bonds is 5. The lowest BCUT2D eigenvalue weighted by Crippen LogP contribution is -2.51. The first kappa shape index (κ1) is 23.5. The molecule has 0 saturated heterocycles. The lowest BCUT2D eigenvalue weighted by atomic mass is 9.78. The third-order valence-corrected chi connectivity index (χ3v) is 5.13. The van der Waals surface area contributed by atoms with E-state index in [1.165, 1.54) is 13.0 Å². The third-order valence-electron chi connectivity index (χ3n) is 4.06. The van der Waals surface area contributed by atoms with Crippen LogP contribution in [0.5, 0.6) is 0 Å². The molecule has 4 atom stereocenters. The normalized spacial score (nSPS) is 24.2. The number of hydrogen-bond donors (Lipinski definition) is 4. The number of carbonyl (C=O) groups is 1. The zero-order valence-corrected chi connectivity index (χ0v) is 15.1. The number of amides is 1. The standard InChI is InChI=1S/C13H25N2O4P.2H3N/c1-4-8(2)13(15-9(3)16)11-6-5-10(7-12(11)14)20(17,18)19;;/h5,8,11-13H,4,6-7,14H2,1-3H3,(H,15,16)(H2,17,18,19);2*1H3/t8?,11-,12-,13-;;/m0../s1. The van der Waals surface area contributed by atoms with Crippen LogP contribution >= 0.6 is 7.60 Å². The highest BCUT2D eigenvalue weighted by Gasteiger charge is 2.33. The molecule has 1 aliphatic carbocycles. The van der Waals surface area contributed by atoms with Gasteiger partial charge in [-0.05, 0) is 37.6 Å². The van der Waals surface area contributed by atoms with Gasteiger partial charge in [0.15, 0.2) is 0 Å². The molecule has 0 saturated carbocycles. The topological polar surface area (TPSA) is 191 Å². The average molecular weight is 338 g/mol. The van der Waals surface area contributed by atoms with Gasteiger partial charge < -0.3 is 37.7 Å². The Morgan fingerprint density at radius 1 is 1.50 bits per heavy atom. The Hall–Kier alpha value is -0.760. The van der Waals surface area contributed by atoms with E-state index in [0.717, 1.165) is 6.42 Å². The first-order valence-corrected chi connectivity index (χ1v) is 8.45. The van der Waals surface area contributed by atoms with E-state index >= 15 is 0 Å². The molecule has 1 unspecified atom stereocenters. The number of quaternary nitrogens is 2. The minimum atomic E-state index is -4.70. The summed E-state index contributed by atoms with van der Waals surface area (Å²) in [6.45, 7) is 5.51. The Bertz CT molecular complexity index is 438. The molecule has 132 valence electrons. The van der Waals surface area contributed by atoms with Crippen molar-refractivity contribution in [1.29, 1.82) is 0 Å². The van der Waals surface area contributed by atoms with Crippen LogP contribution in [0.25, 0.3) is 0 Å². The molecular formula is C13H31N4O4P. The molecular weight excluding hydrogens is 307 g/mol. The van der Waals surface area contributed by atoms with Crippen molar-refractivity contribution in [2.24, 2.45) is 17.6 Å². The summed E-state index contributed by atoms with van der Waals surface area (Å²) in [7, 11) is -4.70. The van der Waals surface area contributed by atoms with E-state index in [0.29, 0.717) is 6.42 Å². The van der Waals surface area contributed by atoms with Crippen LogP contribution in [0.15, 0.2) is 11.4 Å². The van der Waals surface area contributed by atoms with Crippen molar-refractivity contribution in [3.8, 4) is 0 Å². The van der Waals surface area contributed by atoms with Crippen LogP contribution in [0.2, 0.25) is 0 Å². The number of hydrogen-bond acceptors (Lipinski definition) is 5. The molecule has 0 spiro atoms. The Labute approximate surface area is 132 Å². The third kappa shape index (κ3) is 6.16. The second kappa shape index (κ2) is 9.39. The van der Waals surface area contributed by atoms with Gasteiger partial charge in [-0.15, -0.1) is 0 Å². The summed E-state index contributed by atoms with van der Waals surface area (Å²) in [5.41, 5.74) is 6.04. The molecule has 0 aromatic rings. The first-order valence-electron chi connectivity index (χ1n) is 6.91. The highest BCUT2D eigenvalue weighted by molar-refractivity contribution is 7.53. The Morgan fingerprint density at radius 2 is 2.05 bits per heavy atom. The molecule has 0 radical (unpaired) electrons. The van der Waals surface area contributed by atoms with Crippen LogP contribution in [-0.4, -0.2) is 18.0 Å². The Kier molecular flexibility index (Phi) is 10.0. The summed E-state index contributed by atoms with van der Waals surface area (Å²) in [6.07, 6.45) is 2.81. The molecule has 0 aliphatic heterocycles. The molecule has 1 aliphatic rings. The maximum absolute atomic E-state index is 11.3. The molecule has 11 N–H and O–H groups in total. The first-order chi connectivity index (χ1) is 9.16. The van der Waals surface area contributed by atoms with Crippen molar-refractivity contribution >= 4 is 13.5 Å². The smallest absolute Gasteiger partial charge is 0.217 e. The Morgan fingerprint density at radius 3 is 2.41 bits per heavy atom. The van der Waals surface area contributed by atoms with E-state index in [9.17, 15) is 19.1 Å². The van der Waals surface area contributed by atoms with Crippen LogP contribution in [0.1, 0.15) is 40.0 Å². The number of nitrogens with two attached hydrogens (primary N) is 1. The van der Waals surface area contributed by atoms with Gasteiger partial charge >= 0.3 is 0 Å². The van der Waals surface area contributed by atoms with E-state index < -0.39 is 13.6 Å². The zero-order chi connectivity index (χ0) is 15.5. The van der Waals surface area contributed by atoms with Gasteiger partial charge in [0.1, 0.15) is 0 Å². The predicted octanol–water partition coefficient (Wildman–Crippen LogP) is 0.825. The number of carbonyl (C=O) groups excluding carboxylic acids is 1. The molecule has 0 bridgehead atoms. The largest absolute Gasteiger partial charge is 0.808 e. The summed E-state index contributed by atoms with van der Waals surface area (Å²) in [6, 6.07) is -0.542. The van der Waals surface area contributed by atoms with Gasteiger partial charge in [-0.3, -0.25) is 4.79 Å². The molecule has 9 heteroatoms. The van der Waals surface area contributed by atoms with Crippen molar-refractivity contribution in [2.45, 2.75) is 52.1 Å². The van der Waals surface area contributed by atoms with Crippen molar-refractivity contribution < 1.29 is 19.1 Å². The maximum atomic E-state index is 11.3. The molecule has 0 fully saturated rings. The summed E-state index contributed by atoms with van der Waals surface area (Å²) in [4.78, 5) is 33.4. The van der Waals surface area contributed by atoms with Crippen LogP contribution in [0, 0.1) is 11.8 Å². The van der Waals surface area contributed by atoms with Crippen molar-refractivity contribution in [1.82, 2.24) is 17.6 Å². The minimum Gasteiger partial charge on any atom is -0.808 e. The van der Waals surface area contributed by atoms with Gasteiger partial charge in [0, 0.05) is 19.0 Å². The molecule has 0 aromatic heterocycles. The van der Waals surface area contributed by atoms with Gasteiger partial charge in [-0.1, -0.05) is 26.3 Å². The van der Waals surface area contributed by atoms with Crippen LogP contribution in [0.4, 0.5) is 0 Å². The van der Waals surface area contributed by atoms with E-state index in [-0.39, 0.29) is 47.8 Å². The molecule has 8 nitrogen and oxygen atoms in total. The lowest BCUT2D eigenvalue weighted by molar-refractivity contribution is -0.310. The summed E-state index contributed by atoms with van der Waals surface area (Å²) in [5.74, 6) is 0.0518. The molecule has 22 heavy (non-hydrogen) atoms. The van der Waals surface area contributed by atoms with E-state index in [1.54, 1.807) is 0 Å². The van der Waals surface area contributed by atoms with Crippen molar-refractivity contribution in [2.75, 3.05) is 0 Å². The minimum absolute atomic E-state index is 0. The zero-order valence-electron chi connectivity index (χ0n) is 14.2. The fourth-order valence-corrected chi connectivity index (χ4v) is 3.48. The van der Waals surface area contributed by atoms with Crippen LogP contribution < -0.4 is 33.1 Å². The summed E-state index contributed by atoms with van der Waals surface area (Å²) >= 11 is 0. The van der Waals surface area contributed by atoms with Crippen molar-refractivity contribution in [3.63, 3.8) is 0 Å². The van der Waals surface area contributed by atoms with E-state index in [1.807, 2.05) is 13.8 Å². The van der Waals surface area contributed by atoms with Gasteiger partial charge in [0.25, 0.3) is 0 Å². The van der Waals surface area contributed by atoms with E-state index in [2.05, 4.69) is 5.32 Å².